The molecule has 0 aliphatic carbocycles. The minimum absolute atomic E-state index is 0.105. The van der Waals surface area contributed by atoms with E-state index in [1.807, 2.05) is 0 Å². The van der Waals surface area contributed by atoms with Crippen LogP contribution in [-0.4, -0.2) is 11.9 Å². The van der Waals surface area contributed by atoms with Crippen molar-refractivity contribution < 1.29 is 9.53 Å². The SMILES string of the molecule is C=C1CC[C@H](C(C)=O)O1. The van der Waals surface area contributed by atoms with Gasteiger partial charge in [0.25, 0.3) is 0 Å². The second-order valence-electron chi connectivity index (χ2n) is 2.29. The molecule has 2 nitrogen and oxygen atoms in total. The molecule has 0 aromatic heterocycles. The van der Waals surface area contributed by atoms with Crippen molar-refractivity contribution in [1.29, 1.82) is 0 Å². The van der Waals surface area contributed by atoms with E-state index in [0.29, 0.717) is 0 Å². The second-order valence-corrected chi connectivity index (χ2v) is 2.29. The summed E-state index contributed by atoms with van der Waals surface area (Å²) < 4.78 is 5.08. The Labute approximate surface area is 54.5 Å². The summed E-state index contributed by atoms with van der Waals surface area (Å²) in [6.45, 7) is 5.16. The largest absolute Gasteiger partial charge is 0.488 e. The summed E-state index contributed by atoms with van der Waals surface area (Å²) in [5.74, 6) is 0.851. The summed E-state index contributed by atoms with van der Waals surface area (Å²) in [7, 11) is 0. The lowest BCUT2D eigenvalue weighted by molar-refractivity contribution is -0.124. The van der Waals surface area contributed by atoms with Gasteiger partial charge in [-0.05, 0) is 13.3 Å². The van der Waals surface area contributed by atoms with E-state index in [9.17, 15) is 4.79 Å². The van der Waals surface area contributed by atoms with Crippen LogP contribution < -0.4 is 0 Å². The molecule has 1 rings (SSSR count). The molecular weight excluding hydrogens is 116 g/mol. The van der Waals surface area contributed by atoms with Crippen molar-refractivity contribution in [3.05, 3.63) is 12.3 Å². The van der Waals surface area contributed by atoms with Crippen LogP contribution in [-0.2, 0) is 9.53 Å². The van der Waals surface area contributed by atoms with Gasteiger partial charge in [0.1, 0.15) is 0 Å². The zero-order valence-electron chi connectivity index (χ0n) is 5.52. The first kappa shape index (κ1) is 6.33. The number of hydrogen-bond acceptors (Lipinski definition) is 2. The molecule has 1 heterocycles. The highest BCUT2D eigenvalue weighted by Crippen LogP contribution is 2.21. The Hall–Kier alpha value is -0.790. The van der Waals surface area contributed by atoms with Crippen molar-refractivity contribution in [2.75, 3.05) is 0 Å². The summed E-state index contributed by atoms with van der Waals surface area (Å²) in [6.07, 6.45) is 1.45. The van der Waals surface area contributed by atoms with Crippen LogP contribution in [0.4, 0.5) is 0 Å². The third kappa shape index (κ3) is 1.31. The van der Waals surface area contributed by atoms with Gasteiger partial charge in [-0.1, -0.05) is 6.58 Å². The van der Waals surface area contributed by atoms with Crippen LogP contribution in [0.2, 0.25) is 0 Å². The van der Waals surface area contributed by atoms with Crippen LogP contribution in [0, 0.1) is 0 Å². The van der Waals surface area contributed by atoms with Crippen LogP contribution in [0.3, 0.4) is 0 Å². The van der Waals surface area contributed by atoms with E-state index in [4.69, 9.17) is 4.74 Å². The molecule has 1 aliphatic rings. The first-order chi connectivity index (χ1) is 4.20. The van der Waals surface area contributed by atoms with Gasteiger partial charge in [0.15, 0.2) is 11.9 Å². The monoisotopic (exact) mass is 126 g/mol. The average Bonchev–Trinajstić information content (AvgIpc) is 2.14. The molecular formula is C7H10O2. The molecule has 0 spiro atoms. The van der Waals surface area contributed by atoms with Gasteiger partial charge in [0.2, 0.25) is 0 Å². The highest BCUT2D eigenvalue weighted by Gasteiger charge is 2.22. The predicted octanol–water partition coefficient (Wildman–Crippen LogP) is 1.27. The van der Waals surface area contributed by atoms with E-state index in [-0.39, 0.29) is 11.9 Å². The molecule has 2 heteroatoms. The van der Waals surface area contributed by atoms with Gasteiger partial charge in [-0.2, -0.15) is 0 Å². The Bertz CT molecular complexity index is 149. The molecule has 9 heavy (non-hydrogen) atoms. The van der Waals surface area contributed by atoms with E-state index in [1.165, 1.54) is 0 Å². The van der Waals surface area contributed by atoms with Crippen molar-refractivity contribution in [3.8, 4) is 0 Å². The maximum Gasteiger partial charge on any atom is 0.170 e. The van der Waals surface area contributed by atoms with E-state index in [2.05, 4.69) is 6.58 Å². The molecule has 50 valence electrons. The number of Topliss-reactive ketones (excluding diaryl/α,β-unsaturated/α-hetero) is 1. The molecule has 0 amide bonds. The third-order valence-corrected chi connectivity index (χ3v) is 1.45. The summed E-state index contributed by atoms with van der Waals surface area (Å²) in [4.78, 5) is 10.6. The number of hydrogen-bond donors (Lipinski definition) is 0. The van der Waals surface area contributed by atoms with E-state index >= 15 is 0 Å². The lowest BCUT2D eigenvalue weighted by Crippen LogP contribution is -2.14. The van der Waals surface area contributed by atoms with Crippen molar-refractivity contribution in [3.63, 3.8) is 0 Å². The highest BCUT2D eigenvalue weighted by atomic mass is 16.5. The average molecular weight is 126 g/mol. The number of carbonyl (C=O) groups is 1. The summed E-state index contributed by atoms with van der Waals surface area (Å²) in [5.41, 5.74) is 0. The van der Waals surface area contributed by atoms with Gasteiger partial charge < -0.3 is 4.74 Å². The zero-order valence-corrected chi connectivity index (χ0v) is 5.52. The Balaban J connectivity index is 2.48. The Morgan fingerprint density at radius 1 is 1.89 bits per heavy atom. The predicted molar refractivity (Wildman–Crippen MR) is 33.9 cm³/mol. The van der Waals surface area contributed by atoms with E-state index < -0.39 is 0 Å². The van der Waals surface area contributed by atoms with Gasteiger partial charge in [0, 0.05) is 6.42 Å². The smallest absolute Gasteiger partial charge is 0.170 e. The summed E-state index contributed by atoms with van der Waals surface area (Å²) >= 11 is 0. The van der Waals surface area contributed by atoms with Crippen molar-refractivity contribution in [2.45, 2.75) is 25.9 Å². The molecule has 1 saturated heterocycles. The molecule has 0 radical (unpaired) electrons. The Kier molecular flexibility index (Phi) is 1.56. The Morgan fingerprint density at radius 2 is 2.56 bits per heavy atom. The van der Waals surface area contributed by atoms with Crippen molar-refractivity contribution in [2.24, 2.45) is 0 Å². The summed E-state index contributed by atoms with van der Waals surface area (Å²) in [6, 6.07) is 0. The maximum atomic E-state index is 10.6. The quantitative estimate of drug-likeness (QED) is 0.528. The fraction of sp³-hybridized carbons (Fsp3) is 0.571. The van der Waals surface area contributed by atoms with Gasteiger partial charge >= 0.3 is 0 Å². The van der Waals surface area contributed by atoms with Crippen LogP contribution in [0.15, 0.2) is 12.3 Å². The number of ketones is 1. The molecule has 0 N–H and O–H groups in total. The lowest BCUT2D eigenvalue weighted by atomic mass is 10.2. The number of rotatable bonds is 1. The first-order valence-electron chi connectivity index (χ1n) is 3.05. The van der Waals surface area contributed by atoms with E-state index in [0.717, 1.165) is 18.6 Å². The van der Waals surface area contributed by atoms with Crippen LogP contribution in [0.5, 0.6) is 0 Å². The molecule has 0 aromatic carbocycles. The minimum Gasteiger partial charge on any atom is -0.488 e. The van der Waals surface area contributed by atoms with Gasteiger partial charge in [-0.3, -0.25) is 4.79 Å². The van der Waals surface area contributed by atoms with Crippen LogP contribution >= 0.6 is 0 Å². The number of ether oxygens (including phenoxy) is 1. The van der Waals surface area contributed by atoms with Gasteiger partial charge in [-0.25, -0.2) is 0 Å². The van der Waals surface area contributed by atoms with Crippen LogP contribution in [0.25, 0.3) is 0 Å². The van der Waals surface area contributed by atoms with Crippen molar-refractivity contribution >= 4 is 5.78 Å². The molecule has 1 atom stereocenters. The second kappa shape index (κ2) is 2.21. The van der Waals surface area contributed by atoms with Crippen molar-refractivity contribution in [1.82, 2.24) is 0 Å². The van der Waals surface area contributed by atoms with Crippen LogP contribution in [0.1, 0.15) is 19.8 Å². The molecule has 1 fully saturated rings. The first-order valence-corrected chi connectivity index (χ1v) is 3.05. The summed E-state index contributed by atoms with van der Waals surface area (Å²) in [5, 5.41) is 0. The third-order valence-electron chi connectivity index (χ3n) is 1.45. The number of allylic oxidation sites excluding steroid dienone is 1. The fourth-order valence-corrected chi connectivity index (χ4v) is 0.897. The molecule has 0 unspecified atom stereocenters. The minimum atomic E-state index is -0.197. The van der Waals surface area contributed by atoms with Gasteiger partial charge in [-0.15, -0.1) is 0 Å². The zero-order chi connectivity index (χ0) is 6.85. The number of carbonyl (C=O) groups excluding carboxylic acids is 1. The molecule has 1 aliphatic heterocycles. The molecule has 0 aromatic rings. The standard InChI is InChI=1S/C7H10O2/c1-5-3-4-7(9-5)6(2)8/h7H,1,3-4H2,2H3/t7-/m1/s1. The maximum absolute atomic E-state index is 10.6. The lowest BCUT2D eigenvalue weighted by Gasteiger charge is -2.03. The molecule has 0 bridgehead atoms. The Morgan fingerprint density at radius 3 is 2.78 bits per heavy atom. The molecule has 0 saturated carbocycles. The normalized spacial score (nSPS) is 25.9. The topological polar surface area (TPSA) is 26.3 Å². The van der Waals surface area contributed by atoms with E-state index in [1.54, 1.807) is 6.92 Å². The van der Waals surface area contributed by atoms with Gasteiger partial charge in [0.05, 0.1) is 5.76 Å². The fourth-order valence-electron chi connectivity index (χ4n) is 0.897. The highest BCUT2D eigenvalue weighted by molar-refractivity contribution is 5.80.